The number of fused-ring (bicyclic) bond motifs is 1. The Bertz CT molecular complexity index is 496. The van der Waals surface area contributed by atoms with Gasteiger partial charge in [0.05, 0.1) is 19.1 Å². The van der Waals surface area contributed by atoms with Gasteiger partial charge in [-0.1, -0.05) is 13.8 Å². The van der Waals surface area contributed by atoms with Crippen LogP contribution in [0.2, 0.25) is 0 Å². The van der Waals surface area contributed by atoms with E-state index in [0.717, 1.165) is 24.2 Å². The van der Waals surface area contributed by atoms with Crippen LogP contribution in [0.25, 0.3) is 0 Å². The zero-order valence-corrected chi connectivity index (χ0v) is 12.1. The summed E-state index contributed by atoms with van der Waals surface area (Å²) in [7, 11) is 1.33. The number of aromatic amines is 1. The molecule has 0 aliphatic heterocycles. The highest BCUT2D eigenvalue weighted by atomic mass is 16.5. The van der Waals surface area contributed by atoms with Crippen molar-refractivity contribution in [3.05, 3.63) is 17.7 Å². The highest BCUT2D eigenvalue weighted by Crippen LogP contribution is 2.23. The highest BCUT2D eigenvalue weighted by Gasteiger charge is 2.31. The summed E-state index contributed by atoms with van der Waals surface area (Å²) in [5.74, 6) is -0.604. The number of methoxy groups -OCH3 is 1. The molecule has 0 fully saturated rings. The van der Waals surface area contributed by atoms with Crippen molar-refractivity contribution in [2.75, 3.05) is 7.11 Å². The van der Waals surface area contributed by atoms with E-state index in [1.54, 1.807) is 6.33 Å². The summed E-state index contributed by atoms with van der Waals surface area (Å²) in [5.41, 5.74) is 2.07. The summed E-state index contributed by atoms with van der Waals surface area (Å²) in [4.78, 5) is 31.3. The van der Waals surface area contributed by atoms with Crippen LogP contribution in [0.15, 0.2) is 6.33 Å². The quantitative estimate of drug-likeness (QED) is 0.800. The third-order valence-electron chi connectivity index (χ3n) is 3.78. The molecule has 1 amide bonds. The van der Waals surface area contributed by atoms with E-state index in [-0.39, 0.29) is 17.7 Å². The van der Waals surface area contributed by atoms with E-state index in [2.05, 4.69) is 15.3 Å². The molecule has 2 N–H and O–H groups in total. The van der Waals surface area contributed by atoms with Gasteiger partial charge >= 0.3 is 5.97 Å². The molecule has 20 heavy (non-hydrogen) atoms. The van der Waals surface area contributed by atoms with E-state index in [4.69, 9.17) is 4.74 Å². The number of amides is 1. The zero-order valence-electron chi connectivity index (χ0n) is 12.1. The fourth-order valence-corrected chi connectivity index (χ4v) is 2.52. The molecule has 2 atom stereocenters. The number of hydrogen-bond donors (Lipinski definition) is 2. The molecule has 2 unspecified atom stereocenters. The first-order valence-corrected chi connectivity index (χ1v) is 6.92. The average molecular weight is 279 g/mol. The van der Waals surface area contributed by atoms with Gasteiger partial charge in [-0.2, -0.15) is 0 Å². The molecule has 0 saturated heterocycles. The number of nitrogens with zero attached hydrogens (tertiary/aromatic N) is 1. The van der Waals surface area contributed by atoms with Crippen molar-refractivity contribution in [3.8, 4) is 0 Å². The lowest BCUT2D eigenvalue weighted by molar-refractivity contribution is -0.147. The van der Waals surface area contributed by atoms with Crippen molar-refractivity contribution in [2.24, 2.45) is 11.8 Å². The second-order valence-corrected chi connectivity index (χ2v) is 5.52. The number of imidazole rings is 1. The summed E-state index contributed by atoms with van der Waals surface area (Å²) >= 11 is 0. The first-order valence-electron chi connectivity index (χ1n) is 6.92. The van der Waals surface area contributed by atoms with Gasteiger partial charge in [0.25, 0.3) is 0 Å². The third kappa shape index (κ3) is 3.00. The van der Waals surface area contributed by atoms with Crippen LogP contribution in [0, 0.1) is 11.8 Å². The maximum Gasteiger partial charge on any atom is 0.328 e. The van der Waals surface area contributed by atoms with Crippen molar-refractivity contribution in [2.45, 2.75) is 39.2 Å². The van der Waals surface area contributed by atoms with Crippen molar-refractivity contribution in [3.63, 3.8) is 0 Å². The van der Waals surface area contributed by atoms with Crippen LogP contribution < -0.4 is 5.32 Å². The lowest BCUT2D eigenvalue weighted by atomic mass is 9.88. The highest BCUT2D eigenvalue weighted by molar-refractivity contribution is 5.86. The van der Waals surface area contributed by atoms with Gasteiger partial charge in [-0.25, -0.2) is 9.78 Å². The molecule has 1 heterocycles. The molecule has 0 aromatic carbocycles. The molecule has 0 spiro atoms. The van der Waals surface area contributed by atoms with Crippen molar-refractivity contribution in [1.82, 2.24) is 15.3 Å². The Labute approximate surface area is 118 Å². The molecule has 1 aliphatic carbocycles. The number of carbonyl (C=O) groups excluding carboxylic acids is 2. The van der Waals surface area contributed by atoms with Crippen LogP contribution in [0.3, 0.4) is 0 Å². The molecule has 0 bridgehead atoms. The van der Waals surface area contributed by atoms with Crippen LogP contribution >= 0.6 is 0 Å². The average Bonchev–Trinajstić information content (AvgIpc) is 2.90. The van der Waals surface area contributed by atoms with Crippen LogP contribution in [0.5, 0.6) is 0 Å². The summed E-state index contributed by atoms with van der Waals surface area (Å²) in [6.45, 7) is 3.77. The molecular formula is C14H21N3O3. The van der Waals surface area contributed by atoms with Gasteiger partial charge < -0.3 is 15.0 Å². The zero-order chi connectivity index (χ0) is 14.7. The SMILES string of the molecule is COC(=O)C(NC(=O)C1CCc2nc[nH]c2C1)C(C)C. The van der Waals surface area contributed by atoms with Gasteiger partial charge in [0.2, 0.25) is 5.91 Å². The van der Waals surface area contributed by atoms with Crippen molar-refractivity contribution >= 4 is 11.9 Å². The summed E-state index contributed by atoms with van der Waals surface area (Å²) in [6, 6.07) is -0.587. The van der Waals surface area contributed by atoms with E-state index >= 15 is 0 Å². The molecule has 0 radical (unpaired) electrons. The van der Waals surface area contributed by atoms with E-state index in [9.17, 15) is 9.59 Å². The van der Waals surface area contributed by atoms with Crippen LogP contribution in [-0.4, -0.2) is 35.0 Å². The second-order valence-electron chi connectivity index (χ2n) is 5.52. The lowest BCUT2D eigenvalue weighted by Gasteiger charge is -2.25. The summed E-state index contributed by atoms with van der Waals surface area (Å²) in [5, 5.41) is 2.81. The maximum atomic E-state index is 12.3. The monoisotopic (exact) mass is 279 g/mol. The first kappa shape index (κ1) is 14.6. The first-order chi connectivity index (χ1) is 9.52. The molecule has 0 saturated carbocycles. The van der Waals surface area contributed by atoms with Crippen LogP contribution in [-0.2, 0) is 27.2 Å². The van der Waals surface area contributed by atoms with Crippen molar-refractivity contribution in [1.29, 1.82) is 0 Å². The minimum Gasteiger partial charge on any atom is -0.467 e. The number of H-pyrrole nitrogens is 1. The number of nitrogens with one attached hydrogen (secondary N) is 2. The Balaban J connectivity index is 2.00. The van der Waals surface area contributed by atoms with E-state index in [1.165, 1.54) is 7.11 Å². The second kappa shape index (κ2) is 6.07. The summed E-state index contributed by atoms with van der Waals surface area (Å²) in [6.07, 6.45) is 3.86. The predicted octanol–water partition coefficient (Wildman–Crippen LogP) is 0.828. The van der Waals surface area contributed by atoms with Gasteiger partial charge in [-0.05, 0) is 18.8 Å². The van der Waals surface area contributed by atoms with Crippen LogP contribution in [0.1, 0.15) is 31.7 Å². The minimum absolute atomic E-state index is 0.00212. The maximum absolute atomic E-state index is 12.3. The lowest BCUT2D eigenvalue weighted by Crippen LogP contribution is -2.48. The summed E-state index contributed by atoms with van der Waals surface area (Å²) < 4.78 is 4.74. The normalized spacial score (nSPS) is 19.3. The van der Waals surface area contributed by atoms with Gasteiger partial charge in [0.1, 0.15) is 6.04 Å². The third-order valence-corrected chi connectivity index (χ3v) is 3.78. The van der Waals surface area contributed by atoms with E-state index in [0.29, 0.717) is 6.42 Å². The molecular weight excluding hydrogens is 258 g/mol. The topological polar surface area (TPSA) is 84.1 Å². The van der Waals surface area contributed by atoms with Gasteiger partial charge in [-0.15, -0.1) is 0 Å². The number of rotatable bonds is 4. The number of carbonyl (C=O) groups is 2. The number of aryl methyl sites for hydroxylation is 1. The Morgan fingerprint density at radius 2 is 2.25 bits per heavy atom. The Morgan fingerprint density at radius 1 is 1.50 bits per heavy atom. The van der Waals surface area contributed by atoms with E-state index < -0.39 is 12.0 Å². The van der Waals surface area contributed by atoms with E-state index in [1.807, 2.05) is 13.8 Å². The molecule has 1 aromatic heterocycles. The number of ether oxygens (including phenoxy) is 1. The van der Waals surface area contributed by atoms with Crippen LogP contribution in [0.4, 0.5) is 0 Å². The Morgan fingerprint density at radius 3 is 2.90 bits per heavy atom. The molecule has 2 rings (SSSR count). The molecule has 1 aromatic rings. The Kier molecular flexibility index (Phi) is 4.42. The standard InChI is InChI=1S/C14H21N3O3/c1-8(2)12(14(19)20-3)17-13(18)9-4-5-10-11(6-9)16-7-15-10/h7-9,12H,4-6H2,1-3H3,(H,15,16)(H,17,18). The van der Waals surface area contributed by atoms with Gasteiger partial charge in [0, 0.05) is 18.0 Å². The minimum atomic E-state index is -0.587. The van der Waals surface area contributed by atoms with Gasteiger partial charge in [-0.3, -0.25) is 4.79 Å². The molecule has 110 valence electrons. The van der Waals surface area contributed by atoms with Gasteiger partial charge in [0.15, 0.2) is 0 Å². The number of aromatic nitrogens is 2. The Hall–Kier alpha value is -1.85. The molecule has 6 heteroatoms. The largest absolute Gasteiger partial charge is 0.467 e. The predicted molar refractivity (Wildman–Crippen MR) is 72.9 cm³/mol. The smallest absolute Gasteiger partial charge is 0.328 e. The fraction of sp³-hybridized carbons (Fsp3) is 0.643. The molecule has 1 aliphatic rings. The number of esters is 1. The fourth-order valence-electron chi connectivity index (χ4n) is 2.52. The number of hydrogen-bond acceptors (Lipinski definition) is 4. The molecule has 6 nitrogen and oxygen atoms in total. The van der Waals surface area contributed by atoms with Crippen molar-refractivity contribution < 1.29 is 14.3 Å².